The summed E-state index contributed by atoms with van der Waals surface area (Å²) >= 11 is 0. The van der Waals surface area contributed by atoms with Gasteiger partial charge in [-0.25, -0.2) is 4.79 Å². The highest BCUT2D eigenvalue weighted by Crippen LogP contribution is 2.30. The van der Waals surface area contributed by atoms with E-state index < -0.39 is 5.97 Å². The van der Waals surface area contributed by atoms with E-state index in [1.165, 1.54) is 0 Å². The van der Waals surface area contributed by atoms with Gasteiger partial charge in [0.05, 0.1) is 5.56 Å². The zero-order chi connectivity index (χ0) is 14.0. The Morgan fingerprint density at radius 2 is 1.63 bits per heavy atom. The molecule has 2 rings (SSSR count). The number of rotatable bonds is 4. The molecule has 0 saturated heterocycles. The van der Waals surface area contributed by atoms with Crippen LogP contribution in [0.3, 0.4) is 0 Å². The first kappa shape index (κ1) is 12.8. The van der Waals surface area contributed by atoms with Crippen LogP contribution in [-0.4, -0.2) is 11.1 Å². The van der Waals surface area contributed by atoms with Gasteiger partial charge in [-0.2, -0.15) is 0 Å². The van der Waals surface area contributed by atoms with Crippen LogP contribution in [0, 0.1) is 0 Å². The molecule has 19 heavy (non-hydrogen) atoms. The Hall–Kier alpha value is -2.61. The van der Waals surface area contributed by atoms with E-state index in [1.807, 2.05) is 18.2 Å². The monoisotopic (exact) mass is 250 g/mol. The highest BCUT2D eigenvalue weighted by atomic mass is 16.4. The van der Waals surface area contributed by atoms with Gasteiger partial charge >= 0.3 is 5.97 Å². The number of carbonyl (C=O) groups is 1. The molecule has 0 fully saturated rings. The van der Waals surface area contributed by atoms with Crippen LogP contribution in [0.15, 0.2) is 44.0 Å². The largest absolute Gasteiger partial charge is 0.478 e. The van der Waals surface area contributed by atoms with Gasteiger partial charge in [0.15, 0.2) is 0 Å². The number of hydrogen-bond acceptors (Lipinski definition) is 1. The molecule has 0 heterocycles. The summed E-state index contributed by atoms with van der Waals surface area (Å²) in [5, 5.41) is 10.9. The molecule has 0 saturated carbocycles. The van der Waals surface area contributed by atoms with Gasteiger partial charge in [0.1, 0.15) is 0 Å². The number of carboxylic acid groups (broad SMARTS) is 1. The summed E-state index contributed by atoms with van der Waals surface area (Å²) < 4.78 is 0. The normalized spacial score (nSPS) is 10.1. The number of aromatic carboxylic acids is 1. The number of benzene rings is 2. The second-order valence-electron chi connectivity index (χ2n) is 4.15. The summed E-state index contributed by atoms with van der Waals surface area (Å²) in [6.07, 6.45) is 5.02. The number of hydrogen-bond donors (Lipinski definition) is 1. The summed E-state index contributed by atoms with van der Waals surface area (Å²) in [6.45, 7) is 11.2. The molecule has 0 spiro atoms. The second-order valence-corrected chi connectivity index (χ2v) is 4.15. The van der Waals surface area contributed by atoms with E-state index >= 15 is 0 Å². The first-order chi connectivity index (χ1) is 9.12. The minimum Gasteiger partial charge on any atom is -0.478 e. The van der Waals surface area contributed by atoms with E-state index in [2.05, 4.69) is 19.7 Å². The van der Waals surface area contributed by atoms with E-state index in [9.17, 15) is 9.90 Å². The van der Waals surface area contributed by atoms with E-state index in [0.29, 0.717) is 5.39 Å². The van der Waals surface area contributed by atoms with Gasteiger partial charge in [-0.15, -0.1) is 0 Å². The quantitative estimate of drug-likeness (QED) is 0.869. The molecule has 0 aliphatic carbocycles. The van der Waals surface area contributed by atoms with E-state index in [-0.39, 0.29) is 5.56 Å². The lowest BCUT2D eigenvalue weighted by Gasteiger charge is -2.11. The summed E-state index contributed by atoms with van der Waals surface area (Å²) in [5.74, 6) is -0.960. The van der Waals surface area contributed by atoms with Crippen LogP contribution < -0.4 is 0 Å². The van der Waals surface area contributed by atoms with Gasteiger partial charge in [-0.1, -0.05) is 50.1 Å². The average Bonchev–Trinajstić information content (AvgIpc) is 2.44. The maximum atomic E-state index is 11.5. The van der Waals surface area contributed by atoms with Crippen molar-refractivity contribution in [2.45, 2.75) is 0 Å². The van der Waals surface area contributed by atoms with Crippen molar-refractivity contribution >= 4 is 35.0 Å². The van der Waals surface area contributed by atoms with Crippen LogP contribution in [0.5, 0.6) is 0 Å². The van der Waals surface area contributed by atoms with Crippen LogP contribution in [0.4, 0.5) is 0 Å². The highest BCUT2D eigenvalue weighted by molar-refractivity contribution is 6.10. The molecular formula is C17H14O2. The molecule has 0 atom stereocenters. The highest BCUT2D eigenvalue weighted by Gasteiger charge is 2.14. The molecular weight excluding hydrogens is 236 g/mol. The topological polar surface area (TPSA) is 37.3 Å². The molecule has 0 unspecified atom stereocenters. The molecule has 94 valence electrons. The fourth-order valence-electron chi connectivity index (χ4n) is 2.19. The lowest BCUT2D eigenvalue weighted by atomic mass is 9.93. The van der Waals surface area contributed by atoms with E-state index in [4.69, 9.17) is 0 Å². The summed E-state index contributed by atoms with van der Waals surface area (Å²) in [7, 11) is 0. The van der Waals surface area contributed by atoms with Crippen molar-refractivity contribution in [2.24, 2.45) is 0 Å². The van der Waals surface area contributed by atoms with Crippen LogP contribution in [0.2, 0.25) is 0 Å². The summed E-state index contributed by atoms with van der Waals surface area (Å²) in [6, 6.07) is 7.30. The fraction of sp³-hybridized carbons (Fsp3) is 0. The third-order valence-electron chi connectivity index (χ3n) is 3.11. The molecule has 0 radical (unpaired) electrons. The molecule has 0 aliphatic rings. The Kier molecular flexibility index (Phi) is 3.34. The molecule has 0 aromatic heterocycles. The van der Waals surface area contributed by atoms with E-state index in [0.717, 1.165) is 22.1 Å². The molecule has 2 aromatic rings. The zero-order valence-electron chi connectivity index (χ0n) is 10.5. The van der Waals surface area contributed by atoms with Crippen LogP contribution in [0.25, 0.3) is 29.0 Å². The molecule has 0 bridgehead atoms. The Morgan fingerprint density at radius 3 is 2.16 bits per heavy atom. The Balaban J connectivity index is 3.06. The lowest BCUT2D eigenvalue weighted by Crippen LogP contribution is -2.00. The minimum absolute atomic E-state index is 0.256. The van der Waals surface area contributed by atoms with Crippen LogP contribution >= 0.6 is 0 Å². The zero-order valence-corrected chi connectivity index (χ0v) is 10.5. The first-order valence-electron chi connectivity index (χ1n) is 5.83. The predicted molar refractivity (Wildman–Crippen MR) is 81.2 cm³/mol. The van der Waals surface area contributed by atoms with Crippen molar-refractivity contribution in [3.05, 3.63) is 66.3 Å². The third-order valence-corrected chi connectivity index (χ3v) is 3.11. The Labute approximate surface area is 112 Å². The van der Waals surface area contributed by atoms with Crippen LogP contribution in [-0.2, 0) is 0 Å². The SMILES string of the molecule is C=Cc1cc(C(=O)O)c2c(C=C)ccc(C=C)c2c1. The van der Waals surface area contributed by atoms with Crippen molar-refractivity contribution in [3.63, 3.8) is 0 Å². The third kappa shape index (κ3) is 2.08. The van der Waals surface area contributed by atoms with Crippen molar-refractivity contribution in [3.8, 4) is 0 Å². The van der Waals surface area contributed by atoms with Crippen molar-refractivity contribution in [1.82, 2.24) is 0 Å². The fourth-order valence-corrected chi connectivity index (χ4v) is 2.19. The number of carboxylic acids is 1. The number of fused-ring (bicyclic) bond motifs is 1. The molecule has 0 amide bonds. The molecule has 1 N–H and O–H groups in total. The summed E-state index contributed by atoms with van der Waals surface area (Å²) in [4.78, 5) is 11.5. The smallest absolute Gasteiger partial charge is 0.336 e. The van der Waals surface area contributed by atoms with Crippen molar-refractivity contribution in [2.75, 3.05) is 0 Å². The van der Waals surface area contributed by atoms with Gasteiger partial charge in [-0.3, -0.25) is 0 Å². The van der Waals surface area contributed by atoms with Crippen LogP contribution in [0.1, 0.15) is 27.0 Å². The minimum atomic E-state index is -0.960. The molecule has 2 heteroatoms. The molecule has 2 aromatic carbocycles. The first-order valence-corrected chi connectivity index (χ1v) is 5.83. The molecule has 0 aliphatic heterocycles. The van der Waals surface area contributed by atoms with Gasteiger partial charge in [0, 0.05) is 5.39 Å². The van der Waals surface area contributed by atoms with E-state index in [1.54, 1.807) is 24.3 Å². The standard InChI is InChI=1S/C17H14O2/c1-4-11-9-14-12(5-2)7-8-13(6-3)16(14)15(10-11)17(18)19/h4-10H,1-3H2,(H,18,19). The Bertz CT molecular complexity index is 709. The summed E-state index contributed by atoms with van der Waals surface area (Å²) in [5.41, 5.74) is 2.72. The van der Waals surface area contributed by atoms with Gasteiger partial charge in [-0.05, 0) is 34.2 Å². The Morgan fingerprint density at radius 1 is 1.00 bits per heavy atom. The van der Waals surface area contributed by atoms with Crippen molar-refractivity contribution < 1.29 is 9.90 Å². The maximum Gasteiger partial charge on any atom is 0.336 e. The predicted octanol–water partition coefficient (Wildman–Crippen LogP) is 4.47. The molecule has 2 nitrogen and oxygen atoms in total. The second kappa shape index (κ2) is 4.94. The van der Waals surface area contributed by atoms with Gasteiger partial charge < -0.3 is 5.11 Å². The van der Waals surface area contributed by atoms with Gasteiger partial charge in [0.2, 0.25) is 0 Å². The van der Waals surface area contributed by atoms with Crippen molar-refractivity contribution in [1.29, 1.82) is 0 Å². The van der Waals surface area contributed by atoms with Gasteiger partial charge in [0.25, 0.3) is 0 Å². The maximum absolute atomic E-state index is 11.5. The lowest BCUT2D eigenvalue weighted by molar-refractivity contribution is 0.0699. The average molecular weight is 250 g/mol.